The second kappa shape index (κ2) is 7.54. The van der Waals surface area contributed by atoms with Crippen LogP contribution in [0.3, 0.4) is 0 Å². The number of carbonyl (C=O) groups is 1. The number of rotatable bonds is 5. The number of ether oxygens (including phenoxy) is 2. The van der Waals surface area contributed by atoms with Gasteiger partial charge in [-0.25, -0.2) is 0 Å². The van der Waals surface area contributed by atoms with Gasteiger partial charge in [0.2, 0.25) is 0 Å². The highest BCUT2D eigenvalue weighted by molar-refractivity contribution is 6.08. The zero-order valence-electron chi connectivity index (χ0n) is 14.4. The third-order valence-corrected chi connectivity index (χ3v) is 4.46. The molecule has 0 radical (unpaired) electrons. The standard InChI is InChI=1S/C21H20N2O3/c24-21(23-19-7-1-4-15-5-2-12-22-20(15)19)16-8-10-17(11-9-16)26-14-18-6-3-13-25-18/h1-2,4-5,7-12,18H,3,6,13-14H2,(H,23,24)/t18-/m0/s1. The zero-order chi connectivity index (χ0) is 17.8. The van der Waals surface area contributed by atoms with Gasteiger partial charge in [0.25, 0.3) is 5.91 Å². The van der Waals surface area contributed by atoms with E-state index in [0.29, 0.717) is 17.9 Å². The second-order valence-electron chi connectivity index (χ2n) is 6.31. The molecule has 2 aromatic carbocycles. The van der Waals surface area contributed by atoms with Crippen LogP contribution in [0.2, 0.25) is 0 Å². The van der Waals surface area contributed by atoms with Gasteiger partial charge in [-0.15, -0.1) is 0 Å². The number of anilines is 1. The zero-order valence-corrected chi connectivity index (χ0v) is 14.4. The molecule has 0 aliphatic carbocycles. The Hall–Kier alpha value is -2.92. The minimum Gasteiger partial charge on any atom is -0.491 e. The van der Waals surface area contributed by atoms with E-state index in [1.807, 2.05) is 42.5 Å². The lowest BCUT2D eigenvalue weighted by atomic mass is 10.1. The summed E-state index contributed by atoms with van der Waals surface area (Å²) in [5.41, 5.74) is 2.05. The summed E-state index contributed by atoms with van der Waals surface area (Å²) in [4.78, 5) is 16.9. The molecule has 1 atom stereocenters. The quantitative estimate of drug-likeness (QED) is 0.756. The van der Waals surface area contributed by atoms with Gasteiger partial charge in [-0.3, -0.25) is 9.78 Å². The number of nitrogens with one attached hydrogen (secondary N) is 1. The Morgan fingerprint density at radius 3 is 2.81 bits per heavy atom. The van der Waals surface area contributed by atoms with Crippen molar-refractivity contribution in [2.45, 2.75) is 18.9 Å². The molecule has 26 heavy (non-hydrogen) atoms. The Balaban J connectivity index is 1.42. The van der Waals surface area contributed by atoms with Crippen molar-refractivity contribution in [3.05, 3.63) is 66.4 Å². The molecule has 4 rings (SSSR count). The first-order valence-corrected chi connectivity index (χ1v) is 8.79. The van der Waals surface area contributed by atoms with Gasteiger partial charge in [0.05, 0.1) is 17.3 Å². The van der Waals surface area contributed by atoms with Crippen molar-refractivity contribution >= 4 is 22.5 Å². The van der Waals surface area contributed by atoms with E-state index in [4.69, 9.17) is 9.47 Å². The maximum absolute atomic E-state index is 12.5. The van der Waals surface area contributed by atoms with Crippen molar-refractivity contribution in [1.82, 2.24) is 4.98 Å². The Bertz CT molecular complexity index is 897. The van der Waals surface area contributed by atoms with Gasteiger partial charge in [-0.05, 0) is 49.2 Å². The van der Waals surface area contributed by atoms with Crippen LogP contribution in [-0.4, -0.2) is 30.2 Å². The molecule has 0 unspecified atom stereocenters. The molecule has 1 aliphatic heterocycles. The average Bonchev–Trinajstić information content (AvgIpc) is 3.21. The van der Waals surface area contributed by atoms with E-state index in [1.165, 1.54) is 0 Å². The van der Waals surface area contributed by atoms with Gasteiger partial charge in [0.1, 0.15) is 12.4 Å². The number of pyridine rings is 1. The minimum absolute atomic E-state index is 0.172. The van der Waals surface area contributed by atoms with E-state index in [1.54, 1.807) is 18.3 Å². The van der Waals surface area contributed by atoms with E-state index in [9.17, 15) is 4.79 Å². The van der Waals surface area contributed by atoms with Crippen molar-refractivity contribution in [1.29, 1.82) is 0 Å². The molecule has 0 spiro atoms. The molecule has 5 nitrogen and oxygen atoms in total. The van der Waals surface area contributed by atoms with Gasteiger partial charge in [-0.2, -0.15) is 0 Å². The fraction of sp³-hybridized carbons (Fsp3) is 0.238. The SMILES string of the molecule is O=C(Nc1cccc2cccnc12)c1ccc(OC[C@@H]2CCCO2)cc1. The summed E-state index contributed by atoms with van der Waals surface area (Å²) < 4.78 is 11.3. The molecular weight excluding hydrogens is 328 g/mol. The van der Waals surface area contributed by atoms with Crippen LogP contribution in [0.5, 0.6) is 5.75 Å². The predicted molar refractivity (Wildman–Crippen MR) is 101 cm³/mol. The van der Waals surface area contributed by atoms with E-state index >= 15 is 0 Å². The number of hydrogen-bond donors (Lipinski definition) is 1. The Kier molecular flexibility index (Phi) is 4.80. The van der Waals surface area contributed by atoms with Crippen LogP contribution < -0.4 is 10.1 Å². The number of fused-ring (bicyclic) bond motifs is 1. The molecule has 5 heteroatoms. The summed E-state index contributed by atoms with van der Waals surface area (Å²) in [7, 11) is 0. The summed E-state index contributed by atoms with van der Waals surface area (Å²) in [6.45, 7) is 1.36. The number of hydrogen-bond acceptors (Lipinski definition) is 4. The first-order valence-electron chi connectivity index (χ1n) is 8.79. The molecule has 1 N–H and O–H groups in total. The molecule has 0 bridgehead atoms. The van der Waals surface area contributed by atoms with Crippen LogP contribution >= 0.6 is 0 Å². The highest BCUT2D eigenvalue weighted by Crippen LogP contribution is 2.22. The average molecular weight is 348 g/mol. The monoisotopic (exact) mass is 348 g/mol. The van der Waals surface area contributed by atoms with Crippen LogP contribution in [0.25, 0.3) is 10.9 Å². The molecule has 1 aromatic heterocycles. The Morgan fingerprint density at radius 2 is 2.00 bits per heavy atom. The third-order valence-electron chi connectivity index (χ3n) is 4.46. The number of nitrogens with zero attached hydrogens (tertiary/aromatic N) is 1. The van der Waals surface area contributed by atoms with Crippen LogP contribution in [-0.2, 0) is 4.74 Å². The fourth-order valence-corrected chi connectivity index (χ4v) is 3.07. The maximum Gasteiger partial charge on any atom is 0.255 e. The molecule has 3 aromatic rings. The Labute approximate surface area is 152 Å². The smallest absolute Gasteiger partial charge is 0.255 e. The van der Waals surface area contributed by atoms with Gasteiger partial charge in [0, 0.05) is 23.8 Å². The first kappa shape index (κ1) is 16.5. The highest BCUT2D eigenvalue weighted by atomic mass is 16.5. The molecule has 132 valence electrons. The molecule has 1 aliphatic rings. The van der Waals surface area contributed by atoms with Crippen LogP contribution in [0.15, 0.2) is 60.8 Å². The third kappa shape index (κ3) is 3.68. The highest BCUT2D eigenvalue weighted by Gasteiger charge is 2.16. The molecule has 0 saturated carbocycles. The van der Waals surface area contributed by atoms with Crippen LogP contribution in [0.1, 0.15) is 23.2 Å². The van der Waals surface area contributed by atoms with Crippen LogP contribution in [0, 0.1) is 0 Å². The predicted octanol–water partition coefficient (Wildman–Crippen LogP) is 4.04. The van der Waals surface area contributed by atoms with Gasteiger partial charge in [-0.1, -0.05) is 18.2 Å². The van der Waals surface area contributed by atoms with Crippen molar-refractivity contribution in [2.75, 3.05) is 18.5 Å². The topological polar surface area (TPSA) is 60.5 Å². The van der Waals surface area contributed by atoms with Crippen molar-refractivity contribution in [2.24, 2.45) is 0 Å². The lowest BCUT2D eigenvalue weighted by Crippen LogP contribution is -2.16. The molecular formula is C21H20N2O3. The second-order valence-corrected chi connectivity index (χ2v) is 6.31. The van der Waals surface area contributed by atoms with Crippen molar-refractivity contribution in [3.8, 4) is 5.75 Å². The normalized spacial score (nSPS) is 16.5. The molecule has 2 heterocycles. The van der Waals surface area contributed by atoms with Crippen molar-refractivity contribution in [3.63, 3.8) is 0 Å². The number of para-hydroxylation sites is 1. The lowest BCUT2D eigenvalue weighted by molar-refractivity contribution is 0.0679. The Morgan fingerprint density at radius 1 is 1.15 bits per heavy atom. The summed E-state index contributed by atoms with van der Waals surface area (Å²) in [6, 6.07) is 16.7. The number of carbonyl (C=O) groups excluding carboxylic acids is 1. The molecule has 1 saturated heterocycles. The van der Waals surface area contributed by atoms with E-state index in [-0.39, 0.29) is 12.0 Å². The van der Waals surface area contributed by atoms with Crippen molar-refractivity contribution < 1.29 is 14.3 Å². The summed E-state index contributed by atoms with van der Waals surface area (Å²) >= 11 is 0. The number of benzene rings is 2. The number of aromatic nitrogens is 1. The lowest BCUT2D eigenvalue weighted by Gasteiger charge is -2.12. The van der Waals surface area contributed by atoms with Gasteiger partial charge in [0.15, 0.2) is 0 Å². The van der Waals surface area contributed by atoms with E-state index in [0.717, 1.165) is 36.1 Å². The maximum atomic E-state index is 12.5. The van der Waals surface area contributed by atoms with E-state index in [2.05, 4.69) is 10.3 Å². The largest absolute Gasteiger partial charge is 0.491 e. The first-order chi connectivity index (χ1) is 12.8. The minimum atomic E-state index is -0.172. The van der Waals surface area contributed by atoms with E-state index < -0.39 is 0 Å². The summed E-state index contributed by atoms with van der Waals surface area (Å²) in [5.74, 6) is 0.567. The molecule has 1 amide bonds. The van der Waals surface area contributed by atoms with Gasteiger partial charge < -0.3 is 14.8 Å². The summed E-state index contributed by atoms with van der Waals surface area (Å²) in [6.07, 6.45) is 4.03. The summed E-state index contributed by atoms with van der Waals surface area (Å²) in [5, 5.41) is 3.92. The number of amides is 1. The molecule has 1 fully saturated rings. The fourth-order valence-electron chi connectivity index (χ4n) is 3.07. The van der Waals surface area contributed by atoms with Gasteiger partial charge >= 0.3 is 0 Å². The van der Waals surface area contributed by atoms with Crippen LogP contribution in [0.4, 0.5) is 5.69 Å².